The van der Waals surface area contributed by atoms with Crippen LogP contribution in [0, 0.1) is 17.2 Å². The molecule has 1 atom stereocenters. The SMILES string of the molecule is C=CCC(=O)C(C#N)C(=S)Nc1ccc(Cl)c(Cl)c1. The van der Waals surface area contributed by atoms with Crippen LogP contribution in [0.25, 0.3) is 0 Å². The van der Waals surface area contributed by atoms with E-state index in [1.165, 1.54) is 6.08 Å². The Labute approximate surface area is 126 Å². The van der Waals surface area contributed by atoms with Crippen LogP contribution in [0.15, 0.2) is 30.9 Å². The molecule has 6 heteroatoms. The van der Waals surface area contributed by atoms with E-state index in [1.54, 1.807) is 18.2 Å². The quantitative estimate of drug-likeness (QED) is 0.659. The Bertz CT molecular complexity index is 566. The summed E-state index contributed by atoms with van der Waals surface area (Å²) in [6, 6.07) is 6.70. The lowest BCUT2D eigenvalue weighted by molar-refractivity contribution is -0.118. The van der Waals surface area contributed by atoms with Gasteiger partial charge in [-0.15, -0.1) is 6.58 Å². The van der Waals surface area contributed by atoms with E-state index in [0.717, 1.165) is 0 Å². The zero-order valence-electron chi connectivity index (χ0n) is 9.82. The fraction of sp³-hybridized carbons (Fsp3) is 0.154. The number of hydrogen-bond donors (Lipinski definition) is 1. The van der Waals surface area contributed by atoms with Crippen LogP contribution >= 0.6 is 35.4 Å². The molecule has 0 amide bonds. The van der Waals surface area contributed by atoms with Gasteiger partial charge in [0.2, 0.25) is 0 Å². The van der Waals surface area contributed by atoms with Gasteiger partial charge < -0.3 is 5.32 Å². The first-order chi connectivity index (χ1) is 8.99. The highest BCUT2D eigenvalue weighted by molar-refractivity contribution is 7.80. The minimum absolute atomic E-state index is 0.0986. The highest BCUT2D eigenvalue weighted by Crippen LogP contribution is 2.25. The number of Topliss-reactive ketones (excluding diaryl/α,β-unsaturated/α-hetero) is 1. The Kier molecular flexibility index (Phi) is 5.97. The lowest BCUT2D eigenvalue weighted by Gasteiger charge is -2.12. The van der Waals surface area contributed by atoms with Crippen molar-refractivity contribution in [3.8, 4) is 6.07 Å². The molecule has 0 bridgehead atoms. The Morgan fingerprint density at radius 1 is 1.53 bits per heavy atom. The van der Waals surface area contributed by atoms with Crippen molar-refractivity contribution < 1.29 is 4.79 Å². The number of thiocarbonyl (C=S) groups is 1. The number of nitriles is 1. The maximum Gasteiger partial charge on any atom is 0.160 e. The number of carbonyl (C=O) groups excluding carboxylic acids is 1. The molecule has 19 heavy (non-hydrogen) atoms. The first-order valence-electron chi connectivity index (χ1n) is 5.28. The number of ketones is 1. The van der Waals surface area contributed by atoms with Gasteiger partial charge in [-0.25, -0.2) is 0 Å². The zero-order chi connectivity index (χ0) is 14.4. The highest BCUT2D eigenvalue weighted by atomic mass is 35.5. The smallest absolute Gasteiger partial charge is 0.160 e. The largest absolute Gasteiger partial charge is 0.349 e. The summed E-state index contributed by atoms with van der Waals surface area (Å²) in [5, 5.41) is 12.6. The molecular weight excluding hydrogens is 303 g/mol. The molecule has 1 unspecified atom stereocenters. The van der Waals surface area contributed by atoms with Crippen molar-refractivity contribution in [2.24, 2.45) is 5.92 Å². The summed E-state index contributed by atoms with van der Waals surface area (Å²) in [5.74, 6) is -1.29. The van der Waals surface area contributed by atoms with Crippen LogP contribution in [0.5, 0.6) is 0 Å². The second-order valence-electron chi connectivity index (χ2n) is 3.64. The number of nitrogens with one attached hydrogen (secondary N) is 1. The number of carbonyl (C=O) groups is 1. The minimum atomic E-state index is -0.998. The van der Waals surface area contributed by atoms with Crippen LogP contribution in [-0.4, -0.2) is 10.8 Å². The maximum absolute atomic E-state index is 11.7. The van der Waals surface area contributed by atoms with Crippen LogP contribution in [0.3, 0.4) is 0 Å². The minimum Gasteiger partial charge on any atom is -0.349 e. The van der Waals surface area contributed by atoms with E-state index in [-0.39, 0.29) is 17.2 Å². The molecule has 0 aliphatic carbocycles. The second kappa shape index (κ2) is 7.25. The fourth-order valence-electron chi connectivity index (χ4n) is 1.33. The van der Waals surface area contributed by atoms with Gasteiger partial charge in [-0.1, -0.05) is 41.5 Å². The average Bonchev–Trinajstić information content (AvgIpc) is 2.35. The van der Waals surface area contributed by atoms with Gasteiger partial charge in [-0.05, 0) is 18.2 Å². The summed E-state index contributed by atoms with van der Waals surface area (Å²) in [4.78, 5) is 11.8. The first-order valence-corrected chi connectivity index (χ1v) is 6.45. The van der Waals surface area contributed by atoms with Crippen molar-refractivity contribution in [1.82, 2.24) is 0 Å². The monoisotopic (exact) mass is 312 g/mol. The van der Waals surface area contributed by atoms with Gasteiger partial charge in [-0.2, -0.15) is 5.26 Å². The molecule has 3 nitrogen and oxygen atoms in total. The third-order valence-electron chi connectivity index (χ3n) is 2.25. The number of nitrogens with zero attached hydrogens (tertiary/aromatic N) is 1. The van der Waals surface area contributed by atoms with Crippen molar-refractivity contribution >= 4 is 51.9 Å². The Morgan fingerprint density at radius 3 is 2.74 bits per heavy atom. The molecular formula is C13H10Cl2N2OS. The molecule has 0 fully saturated rings. The van der Waals surface area contributed by atoms with Gasteiger partial charge in [0.05, 0.1) is 16.1 Å². The molecule has 1 aromatic rings. The number of rotatable bonds is 5. The molecule has 0 spiro atoms. The van der Waals surface area contributed by atoms with Crippen molar-refractivity contribution in [3.05, 3.63) is 40.9 Å². The second-order valence-corrected chi connectivity index (χ2v) is 4.89. The third kappa shape index (κ3) is 4.32. The Hall–Kier alpha value is -1.41. The van der Waals surface area contributed by atoms with E-state index in [9.17, 15) is 4.79 Å². The molecule has 1 rings (SSSR count). The van der Waals surface area contributed by atoms with Gasteiger partial charge in [0.1, 0.15) is 4.99 Å². The molecule has 1 aromatic carbocycles. The predicted octanol–water partition coefficient (Wildman–Crippen LogP) is 4.02. The van der Waals surface area contributed by atoms with Gasteiger partial charge in [-0.3, -0.25) is 4.79 Å². The van der Waals surface area contributed by atoms with Crippen LogP contribution in [0.4, 0.5) is 5.69 Å². The highest BCUT2D eigenvalue weighted by Gasteiger charge is 2.21. The van der Waals surface area contributed by atoms with E-state index in [2.05, 4.69) is 11.9 Å². The summed E-state index contributed by atoms with van der Waals surface area (Å²) >= 11 is 16.7. The van der Waals surface area contributed by atoms with Crippen molar-refractivity contribution in [2.45, 2.75) is 6.42 Å². The topological polar surface area (TPSA) is 52.9 Å². The maximum atomic E-state index is 11.7. The van der Waals surface area contributed by atoms with E-state index in [4.69, 9.17) is 40.7 Å². The lowest BCUT2D eigenvalue weighted by Crippen LogP contribution is -2.26. The normalized spacial score (nSPS) is 11.2. The molecule has 0 saturated heterocycles. The summed E-state index contributed by atoms with van der Waals surface area (Å²) in [6.45, 7) is 3.46. The molecule has 1 N–H and O–H groups in total. The number of hydrogen-bond acceptors (Lipinski definition) is 3. The summed E-state index contributed by atoms with van der Waals surface area (Å²) in [6.07, 6.45) is 1.54. The van der Waals surface area contributed by atoms with E-state index in [1.807, 2.05) is 6.07 Å². The summed E-state index contributed by atoms with van der Waals surface area (Å²) in [7, 11) is 0. The summed E-state index contributed by atoms with van der Waals surface area (Å²) in [5.41, 5.74) is 0.575. The molecule has 0 aliphatic heterocycles. The Morgan fingerprint density at radius 2 is 2.21 bits per heavy atom. The van der Waals surface area contributed by atoms with Crippen LogP contribution in [-0.2, 0) is 4.79 Å². The molecule has 0 radical (unpaired) electrons. The average molecular weight is 313 g/mol. The van der Waals surface area contributed by atoms with E-state index >= 15 is 0 Å². The van der Waals surface area contributed by atoms with Crippen LogP contribution in [0.1, 0.15) is 6.42 Å². The van der Waals surface area contributed by atoms with E-state index in [0.29, 0.717) is 15.7 Å². The van der Waals surface area contributed by atoms with Crippen molar-refractivity contribution in [2.75, 3.05) is 5.32 Å². The van der Waals surface area contributed by atoms with E-state index < -0.39 is 5.92 Å². The van der Waals surface area contributed by atoms with Gasteiger partial charge in [0.15, 0.2) is 11.7 Å². The Balaban J connectivity index is 2.83. The van der Waals surface area contributed by atoms with Crippen molar-refractivity contribution in [1.29, 1.82) is 5.26 Å². The number of anilines is 1. The van der Waals surface area contributed by atoms with Crippen LogP contribution in [0.2, 0.25) is 10.0 Å². The molecule has 0 aliphatic rings. The molecule has 98 valence electrons. The third-order valence-corrected chi connectivity index (χ3v) is 3.32. The molecule has 0 saturated carbocycles. The molecule has 0 heterocycles. The van der Waals surface area contributed by atoms with Crippen LogP contribution < -0.4 is 5.32 Å². The van der Waals surface area contributed by atoms with Gasteiger partial charge in [0, 0.05) is 12.1 Å². The zero-order valence-corrected chi connectivity index (χ0v) is 12.1. The van der Waals surface area contributed by atoms with Gasteiger partial charge in [0.25, 0.3) is 0 Å². The number of benzene rings is 1. The summed E-state index contributed by atoms with van der Waals surface area (Å²) < 4.78 is 0. The molecule has 0 aromatic heterocycles. The fourth-order valence-corrected chi connectivity index (χ4v) is 1.93. The standard InChI is InChI=1S/C13H10Cl2N2OS/c1-2-3-12(18)9(7-16)13(19)17-8-4-5-10(14)11(15)6-8/h2,4-6,9H,1,3H2,(H,17,19). The number of allylic oxidation sites excluding steroid dienone is 1. The first kappa shape index (κ1) is 15.6. The van der Waals surface area contributed by atoms with Gasteiger partial charge >= 0.3 is 0 Å². The van der Waals surface area contributed by atoms with Crippen molar-refractivity contribution in [3.63, 3.8) is 0 Å². The lowest BCUT2D eigenvalue weighted by atomic mass is 10.0. The number of halogens is 2. The predicted molar refractivity (Wildman–Crippen MR) is 81.6 cm³/mol.